The minimum Gasteiger partial charge on any atom is -0.394 e. The summed E-state index contributed by atoms with van der Waals surface area (Å²) in [6, 6.07) is 9.73. The van der Waals surface area contributed by atoms with E-state index in [2.05, 4.69) is 16.3 Å². The van der Waals surface area contributed by atoms with Crippen LogP contribution in [-0.2, 0) is 19.4 Å². The lowest BCUT2D eigenvalue weighted by Crippen LogP contribution is -2.67. The average molecular weight is 511 g/mol. The molecule has 6 atom stereocenters. The van der Waals surface area contributed by atoms with Crippen molar-refractivity contribution in [3.05, 3.63) is 59.9 Å². The number of sulfone groups is 1. The first-order valence-corrected chi connectivity index (χ1v) is 12.4. The summed E-state index contributed by atoms with van der Waals surface area (Å²) in [6.45, 7) is 0.725. The Morgan fingerprint density at radius 2 is 1.94 bits per heavy atom. The molecule has 2 heterocycles. The summed E-state index contributed by atoms with van der Waals surface area (Å²) in [7, 11) is -4.34. The smallest absolute Gasteiger partial charge is 0.221 e. The maximum atomic E-state index is 13.7. The van der Waals surface area contributed by atoms with Crippen LogP contribution in [0, 0.1) is 5.82 Å². The van der Waals surface area contributed by atoms with Crippen molar-refractivity contribution in [2.45, 2.75) is 47.7 Å². The van der Waals surface area contributed by atoms with Crippen molar-refractivity contribution in [2.24, 2.45) is 0 Å². The fourth-order valence-electron chi connectivity index (χ4n) is 4.34. The van der Waals surface area contributed by atoms with Gasteiger partial charge in [0.15, 0.2) is 5.44 Å². The highest BCUT2D eigenvalue weighted by molar-refractivity contribution is 7.92. The molecular weight excluding hydrogens is 483 g/mol. The van der Waals surface area contributed by atoms with E-state index in [0.29, 0.717) is 5.56 Å². The van der Waals surface area contributed by atoms with Crippen LogP contribution in [-0.4, -0.2) is 77.6 Å². The molecule has 13 heteroatoms. The van der Waals surface area contributed by atoms with E-state index in [0.717, 1.165) is 0 Å². The largest absolute Gasteiger partial charge is 0.394 e. The third kappa shape index (κ3) is 5.22. The van der Waals surface area contributed by atoms with Gasteiger partial charge in [-0.3, -0.25) is 4.79 Å². The molecule has 2 aromatic carbocycles. The number of carbonyl (C=O) groups is 1. The van der Waals surface area contributed by atoms with Crippen LogP contribution in [0.2, 0.25) is 0 Å². The Kier molecular flexibility index (Phi) is 7.49. The van der Waals surface area contributed by atoms with Gasteiger partial charge >= 0.3 is 0 Å². The van der Waals surface area contributed by atoms with Crippen molar-refractivity contribution < 1.29 is 37.7 Å². The van der Waals surface area contributed by atoms with Crippen molar-refractivity contribution in [1.82, 2.24) is 16.0 Å². The van der Waals surface area contributed by atoms with E-state index in [9.17, 15) is 32.9 Å². The molecule has 0 spiro atoms. The number of aliphatic hydroxyl groups is 3. The van der Waals surface area contributed by atoms with Gasteiger partial charge in [0.05, 0.1) is 23.6 Å². The van der Waals surface area contributed by atoms with Crippen LogP contribution < -0.4 is 16.3 Å². The Morgan fingerprint density at radius 1 is 1.20 bits per heavy atom. The van der Waals surface area contributed by atoms with Gasteiger partial charge < -0.3 is 25.4 Å². The minimum absolute atomic E-state index is 0.144. The second-order valence-corrected chi connectivity index (χ2v) is 10.5. The quantitative estimate of drug-likeness (QED) is 0.297. The Labute approximate surface area is 201 Å². The highest BCUT2D eigenvalue weighted by Gasteiger charge is 2.53. The number of ether oxygens (including phenoxy) is 1. The highest BCUT2D eigenvalue weighted by Crippen LogP contribution is 2.33. The summed E-state index contributed by atoms with van der Waals surface area (Å²) in [5, 5.41) is 35.6. The van der Waals surface area contributed by atoms with Gasteiger partial charge in [-0.15, -0.1) is 0 Å². The lowest BCUT2D eigenvalue weighted by molar-refractivity contribution is -0.195. The molecule has 2 aliphatic heterocycles. The summed E-state index contributed by atoms with van der Waals surface area (Å²) < 4.78 is 46.0. The van der Waals surface area contributed by atoms with Gasteiger partial charge in [-0.1, -0.05) is 18.2 Å². The number of hydrogen-bond donors (Lipinski definition) is 6. The standard InChI is InChI=1S/C22H27FN4O7S/c1-12(29)24-15-6-3-7-16(9-15)35(32,33)22-21(31)19(20(30)18(11-28)34-22)27-10-17(25-26-27)13-4-2-5-14(23)8-13/h2-9,17-22,25-26,28,30-31H,10-11H2,1H3,(H,24,29)/t17?,18-,19+,20+,21-,22+/m1/s1. The number of carbonyl (C=O) groups excluding carboxylic acids is 1. The summed E-state index contributed by atoms with van der Waals surface area (Å²) >= 11 is 0. The van der Waals surface area contributed by atoms with Gasteiger partial charge in [-0.05, 0) is 35.9 Å². The molecule has 190 valence electrons. The van der Waals surface area contributed by atoms with E-state index in [-0.39, 0.29) is 17.1 Å². The summed E-state index contributed by atoms with van der Waals surface area (Å²) in [5.41, 5.74) is 4.75. The summed E-state index contributed by atoms with van der Waals surface area (Å²) in [5.74, 6) is -0.820. The van der Waals surface area contributed by atoms with Crippen LogP contribution in [0.15, 0.2) is 53.4 Å². The maximum Gasteiger partial charge on any atom is 0.221 e. The molecule has 0 bridgehead atoms. The Morgan fingerprint density at radius 3 is 2.63 bits per heavy atom. The van der Waals surface area contributed by atoms with E-state index >= 15 is 0 Å². The summed E-state index contributed by atoms with van der Waals surface area (Å²) in [4.78, 5) is 11.1. The number of amides is 1. The molecule has 6 N–H and O–H groups in total. The van der Waals surface area contributed by atoms with Crippen LogP contribution in [0.4, 0.5) is 10.1 Å². The number of hydrazine groups is 2. The SMILES string of the molecule is CC(=O)Nc1cccc(S(=O)(=O)[C@@H]2O[C@H](CO)[C@H](O)[C@H](N3CC(c4cccc(F)c4)NN3)[C@H]2O)c1. The van der Waals surface area contributed by atoms with E-state index in [1.165, 1.54) is 48.3 Å². The third-order valence-electron chi connectivity index (χ3n) is 6.01. The number of halogens is 1. The van der Waals surface area contributed by atoms with Crippen molar-refractivity contribution in [3.8, 4) is 0 Å². The molecule has 4 rings (SSSR count). The number of anilines is 1. The lowest BCUT2D eigenvalue weighted by atomic mass is 9.96. The van der Waals surface area contributed by atoms with Crippen LogP contribution in [0.25, 0.3) is 0 Å². The molecule has 35 heavy (non-hydrogen) atoms. The predicted molar refractivity (Wildman–Crippen MR) is 122 cm³/mol. The van der Waals surface area contributed by atoms with Gasteiger partial charge in [-0.25, -0.2) is 23.2 Å². The first kappa shape index (κ1) is 25.6. The van der Waals surface area contributed by atoms with E-state index < -0.39 is 64.0 Å². The van der Waals surface area contributed by atoms with Gasteiger partial charge in [0, 0.05) is 19.2 Å². The zero-order valence-electron chi connectivity index (χ0n) is 18.7. The Balaban J connectivity index is 1.61. The van der Waals surface area contributed by atoms with E-state index in [1.807, 2.05) is 0 Å². The normalized spacial score (nSPS) is 29.7. The number of rotatable bonds is 6. The van der Waals surface area contributed by atoms with Crippen molar-refractivity contribution in [2.75, 3.05) is 18.5 Å². The number of hydrogen-bond acceptors (Lipinski definition) is 10. The van der Waals surface area contributed by atoms with Crippen LogP contribution in [0.3, 0.4) is 0 Å². The topological polar surface area (TPSA) is 160 Å². The molecule has 0 radical (unpaired) electrons. The van der Waals surface area contributed by atoms with Gasteiger partial charge in [0.25, 0.3) is 0 Å². The highest BCUT2D eigenvalue weighted by atomic mass is 32.2. The second-order valence-electron chi connectivity index (χ2n) is 8.47. The molecule has 11 nitrogen and oxygen atoms in total. The third-order valence-corrected chi connectivity index (χ3v) is 7.92. The Hall–Kier alpha value is -2.49. The molecule has 2 saturated heterocycles. The number of nitrogens with zero attached hydrogens (tertiary/aromatic N) is 1. The van der Waals surface area contributed by atoms with Crippen LogP contribution >= 0.6 is 0 Å². The minimum atomic E-state index is -4.34. The molecule has 2 aromatic rings. The number of benzene rings is 2. The molecule has 1 amide bonds. The van der Waals surface area contributed by atoms with E-state index in [4.69, 9.17) is 4.74 Å². The van der Waals surface area contributed by atoms with Gasteiger partial charge in [-0.2, -0.15) is 5.53 Å². The monoisotopic (exact) mass is 510 g/mol. The molecular formula is C22H27FN4O7S. The van der Waals surface area contributed by atoms with Crippen LogP contribution in [0.5, 0.6) is 0 Å². The Bertz CT molecular complexity index is 1180. The molecule has 0 aliphatic carbocycles. The first-order valence-electron chi connectivity index (χ1n) is 10.9. The number of nitrogens with one attached hydrogen (secondary N) is 3. The van der Waals surface area contributed by atoms with Gasteiger partial charge in [0.2, 0.25) is 15.7 Å². The molecule has 2 aliphatic rings. The predicted octanol–water partition coefficient (Wildman–Crippen LogP) is -0.568. The van der Waals surface area contributed by atoms with Crippen LogP contribution in [0.1, 0.15) is 18.5 Å². The first-order chi connectivity index (χ1) is 16.6. The zero-order valence-corrected chi connectivity index (χ0v) is 19.5. The maximum absolute atomic E-state index is 13.7. The van der Waals surface area contributed by atoms with Crippen molar-refractivity contribution >= 4 is 21.4 Å². The average Bonchev–Trinajstić information content (AvgIpc) is 3.29. The fourth-order valence-corrected chi connectivity index (χ4v) is 5.98. The van der Waals surface area contributed by atoms with Crippen molar-refractivity contribution in [3.63, 3.8) is 0 Å². The fraction of sp³-hybridized carbons (Fsp3) is 0.409. The molecule has 0 saturated carbocycles. The molecule has 1 unspecified atom stereocenters. The van der Waals surface area contributed by atoms with E-state index in [1.54, 1.807) is 12.1 Å². The zero-order chi connectivity index (χ0) is 25.3. The number of aliphatic hydroxyl groups excluding tert-OH is 3. The van der Waals surface area contributed by atoms with Crippen molar-refractivity contribution in [1.29, 1.82) is 0 Å². The molecule has 2 fully saturated rings. The molecule has 0 aromatic heterocycles. The van der Waals surface area contributed by atoms with Gasteiger partial charge in [0.1, 0.15) is 24.1 Å². The second kappa shape index (κ2) is 10.2. The summed E-state index contributed by atoms with van der Waals surface area (Å²) in [6.07, 6.45) is -4.49. The lowest BCUT2D eigenvalue weighted by Gasteiger charge is -2.45.